The van der Waals surface area contributed by atoms with Crippen LogP contribution in [-0.2, 0) is 19.0 Å². The number of nitrogens with zero attached hydrogens (tertiary/aromatic N) is 2. The van der Waals surface area contributed by atoms with Crippen molar-refractivity contribution in [3.05, 3.63) is 0 Å². The summed E-state index contributed by atoms with van der Waals surface area (Å²) < 4.78 is 17.8. The molecule has 0 aromatic carbocycles. The lowest BCUT2D eigenvalue weighted by Gasteiger charge is -2.38. The molecule has 2 saturated heterocycles. The van der Waals surface area contributed by atoms with Crippen LogP contribution in [0, 0.1) is 23.7 Å². The normalized spacial score (nSPS) is 30.6. The molecule has 9 heteroatoms. The Morgan fingerprint density at radius 3 is 2.26 bits per heavy atom. The van der Waals surface area contributed by atoms with Gasteiger partial charge in [0, 0.05) is 25.0 Å². The second-order valence-corrected chi connectivity index (χ2v) is 13.0. The van der Waals surface area contributed by atoms with Gasteiger partial charge in [-0.15, -0.1) is 0 Å². The van der Waals surface area contributed by atoms with Crippen LogP contribution in [-0.4, -0.2) is 107 Å². The van der Waals surface area contributed by atoms with Crippen LogP contribution in [0.3, 0.4) is 0 Å². The van der Waals surface area contributed by atoms with Crippen molar-refractivity contribution >= 4 is 5.97 Å². The number of aliphatic hydroxyl groups is 2. The summed E-state index contributed by atoms with van der Waals surface area (Å²) in [5, 5.41) is 31.9. The van der Waals surface area contributed by atoms with E-state index in [1.165, 1.54) is 0 Å². The topological polar surface area (TPSA) is 115 Å². The standard InChI is InChI=1S/C29H56N2O7/c1-11-12-18(3)24(32)21(6)31(10)16-17(2)14-29(7,35)15-19(4)25(20(5)27(33)34)36-23-13-22(30(8)9)26-28(37-23)38-26/h17-26,28,32,35H,11-16H2,1-10H3,(H,33,34)/t17-,18+,19-,20-,21-,22?,23?,24+,25?,26?,28?,29?/m1/s1. The zero-order valence-electron chi connectivity index (χ0n) is 25.5. The molecule has 0 aromatic rings. The molecule has 38 heavy (non-hydrogen) atoms. The molecule has 0 aromatic heterocycles. The lowest BCUT2D eigenvalue weighted by molar-refractivity contribution is -0.228. The fourth-order valence-electron chi connectivity index (χ4n) is 6.41. The molecule has 2 aliphatic rings. The molecule has 12 atom stereocenters. The van der Waals surface area contributed by atoms with E-state index >= 15 is 0 Å². The maximum absolute atomic E-state index is 12.0. The number of rotatable bonds is 17. The number of aliphatic carboxylic acids is 1. The summed E-state index contributed by atoms with van der Waals surface area (Å²) in [5.41, 5.74) is -0.999. The predicted molar refractivity (Wildman–Crippen MR) is 148 cm³/mol. The van der Waals surface area contributed by atoms with Gasteiger partial charge < -0.3 is 39.3 Å². The van der Waals surface area contributed by atoms with Crippen LogP contribution in [0.25, 0.3) is 0 Å². The Morgan fingerprint density at radius 2 is 1.71 bits per heavy atom. The Morgan fingerprint density at radius 1 is 1.08 bits per heavy atom. The minimum absolute atomic E-state index is 0.0219. The minimum Gasteiger partial charge on any atom is -0.481 e. The van der Waals surface area contributed by atoms with Crippen molar-refractivity contribution in [2.24, 2.45) is 23.7 Å². The van der Waals surface area contributed by atoms with E-state index in [1.54, 1.807) is 6.92 Å². The van der Waals surface area contributed by atoms with E-state index in [9.17, 15) is 20.1 Å². The summed E-state index contributed by atoms with van der Waals surface area (Å²) in [6, 6.07) is 0.176. The van der Waals surface area contributed by atoms with E-state index in [2.05, 4.69) is 37.5 Å². The van der Waals surface area contributed by atoms with E-state index in [4.69, 9.17) is 14.2 Å². The number of hydrogen-bond acceptors (Lipinski definition) is 8. The van der Waals surface area contributed by atoms with Crippen molar-refractivity contribution in [3.8, 4) is 0 Å². The number of likely N-dealkylation sites (N-methyl/N-ethyl adjacent to an activating group) is 2. The van der Waals surface area contributed by atoms with E-state index < -0.39 is 36.0 Å². The number of aliphatic hydroxyl groups excluding tert-OH is 1. The molecule has 0 amide bonds. The highest BCUT2D eigenvalue weighted by molar-refractivity contribution is 5.70. The fraction of sp³-hybridized carbons (Fsp3) is 0.966. The first-order valence-corrected chi connectivity index (χ1v) is 14.5. The number of epoxide rings is 1. The first kappa shape index (κ1) is 33.4. The first-order valence-electron chi connectivity index (χ1n) is 14.5. The molecule has 2 rings (SSSR count). The van der Waals surface area contributed by atoms with Gasteiger partial charge in [0.2, 0.25) is 0 Å². The number of carbonyl (C=O) groups is 1. The third-order valence-corrected chi connectivity index (χ3v) is 8.66. The molecule has 224 valence electrons. The largest absolute Gasteiger partial charge is 0.481 e. The number of carboxylic acids is 1. The Kier molecular flexibility index (Phi) is 12.5. The SMILES string of the molecule is CCC[C@H](C)[C@H](O)[C@@H](C)N(C)C[C@H](C)CC(C)(O)C[C@@H](C)C(OC1CC(N(C)C)C2OC2O1)[C@@H](C)C(=O)O. The average Bonchev–Trinajstić information content (AvgIpc) is 3.59. The zero-order valence-corrected chi connectivity index (χ0v) is 25.5. The Hall–Kier alpha value is -0.810. The second kappa shape index (κ2) is 14.2. The summed E-state index contributed by atoms with van der Waals surface area (Å²) in [6.07, 6.45) is 1.78. The van der Waals surface area contributed by atoms with E-state index in [0.717, 1.165) is 19.4 Å². The molecular weight excluding hydrogens is 488 g/mol. The zero-order chi connectivity index (χ0) is 28.9. The third kappa shape index (κ3) is 9.39. The van der Waals surface area contributed by atoms with Crippen LogP contribution in [0.1, 0.15) is 80.6 Å². The van der Waals surface area contributed by atoms with Gasteiger partial charge in [-0.05, 0) is 78.9 Å². The van der Waals surface area contributed by atoms with Gasteiger partial charge in [-0.1, -0.05) is 34.1 Å². The summed E-state index contributed by atoms with van der Waals surface area (Å²) >= 11 is 0. The monoisotopic (exact) mass is 544 g/mol. The summed E-state index contributed by atoms with van der Waals surface area (Å²) in [5.74, 6) is -1.47. The molecule has 0 bridgehead atoms. The van der Waals surface area contributed by atoms with Crippen LogP contribution in [0.5, 0.6) is 0 Å². The average molecular weight is 545 g/mol. The van der Waals surface area contributed by atoms with Gasteiger partial charge in [0.05, 0.1) is 23.7 Å². The molecule has 2 aliphatic heterocycles. The van der Waals surface area contributed by atoms with Crippen LogP contribution < -0.4 is 0 Å². The van der Waals surface area contributed by atoms with E-state index in [-0.39, 0.29) is 42.2 Å². The molecule has 2 fully saturated rings. The Bertz CT molecular complexity index is 736. The number of hydrogen-bond donors (Lipinski definition) is 3. The minimum atomic E-state index is -0.999. The van der Waals surface area contributed by atoms with Crippen molar-refractivity contribution in [1.29, 1.82) is 0 Å². The Labute approximate surface area is 230 Å². The highest BCUT2D eigenvalue weighted by atomic mass is 16.8. The van der Waals surface area contributed by atoms with E-state index in [0.29, 0.717) is 19.3 Å². The third-order valence-electron chi connectivity index (χ3n) is 8.66. The Balaban J connectivity index is 1.98. The molecule has 6 unspecified atom stereocenters. The highest BCUT2D eigenvalue weighted by Crippen LogP contribution is 2.39. The van der Waals surface area contributed by atoms with Crippen molar-refractivity contribution in [2.45, 2.75) is 129 Å². The summed E-state index contributed by atoms with van der Waals surface area (Å²) in [7, 11) is 6.02. The molecule has 0 saturated carbocycles. The predicted octanol–water partition coefficient (Wildman–Crippen LogP) is 3.41. The van der Waals surface area contributed by atoms with Gasteiger partial charge >= 0.3 is 5.97 Å². The smallest absolute Gasteiger partial charge is 0.308 e. The van der Waals surface area contributed by atoms with Crippen LogP contribution >= 0.6 is 0 Å². The molecule has 0 radical (unpaired) electrons. The highest BCUT2D eigenvalue weighted by Gasteiger charge is 2.54. The van der Waals surface area contributed by atoms with Gasteiger partial charge in [0.15, 0.2) is 12.6 Å². The van der Waals surface area contributed by atoms with Gasteiger partial charge in [0.1, 0.15) is 6.10 Å². The molecule has 0 aliphatic carbocycles. The quantitative estimate of drug-likeness (QED) is 0.237. The number of ether oxygens (including phenoxy) is 3. The molecule has 3 N–H and O–H groups in total. The fourth-order valence-corrected chi connectivity index (χ4v) is 6.41. The lowest BCUT2D eigenvalue weighted by Crippen LogP contribution is -2.47. The van der Waals surface area contributed by atoms with Gasteiger partial charge in [-0.25, -0.2) is 0 Å². The van der Waals surface area contributed by atoms with E-state index in [1.807, 2.05) is 35.0 Å². The molecular formula is C29H56N2O7. The van der Waals surface area contributed by atoms with Crippen molar-refractivity contribution < 1.29 is 34.3 Å². The summed E-state index contributed by atoms with van der Waals surface area (Å²) in [4.78, 5) is 16.2. The van der Waals surface area contributed by atoms with Gasteiger partial charge in [0.25, 0.3) is 0 Å². The van der Waals surface area contributed by atoms with Crippen molar-refractivity contribution in [3.63, 3.8) is 0 Å². The first-order chi connectivity index (χ1) is 17.6. The van der Waals surface area contributed by atoms with Crippen LogP contribution in [0.15, 0.2) is 0 Å². The maximum Gasteiger partial charge on any atom is 0.308 e. The van der Waals surface area contributed by atoms with Gasteiger partial charge in [-0.2, -0.15) is 0 Å². The second-order valence-electron chi connectivity index (χ2n) is 13.0. The van der Waals surface area contributed by atoms with Crippen molar-refractivity contribution in [1.82, 2.24) is 9.80 Å². The molecule has 2 heterocycles. The molecule has 0 spiro atoms. The van der Waals surface area contributed by atoms with Crippen molar-refractivity contribution in [2.75, 3.05) is 27.7 Å². The molecule has 9 nitrogen and oxygen atoms in total. The van der Waals surface area contributed by atoms with Crippen LogP contribution in [0.4, 0.5) is 0 Å². The maximum atomic E-state index is 12.0. The number of carboxylic acid groups (broad SMARTS) is 1. The summed E-state index contributed by atoms with van der Waals surface area (Å²) in [6.45, 7) is 14.6. The number of fused-ring (bicyclic) bond motifs is 1. The van der Waals surface area contributed by atoms with Gasteiger partial charge in [-0.3, -0.25) is 4.79 Å². The lowest BCUT2D eigenvalue weighted by atomic mass is 9.80. The van der Waals surface area contributed by atoms with Crippen LogP contribution in [0.2, 0.25) is 0 Å².